The van der Waals surface area contributed by atoms with Gasteiger partial charge in [-0.05, 0) is 12.5 Å². The summed E-state index contributed by atoms with van der Waals surface area (Å²) in [7, 11) is 1.88. The predicted molar refractivity (Wildman–Crippen MR) is 95.0 cm³/mol. The molecule has 26 heavy (non-hydrogen) atoms. The second-order valence-corrected chi connectivity index (χ2v) is 6.68. The van der Waals surface area contributed by atoms with Crippen LogP contribution in [0.25, 0.3) is 11.6 Å². The van der Waals surface area contributed by atoms with Crippen molar-refractivity contribution in [1.82, 2.24) is 24.8 Å². The number of aromatic nitrogens is 4. The average molecular weight is 351 g/mol. The lowest BCUT2D eigenvalue weighted by atomic mass is 10.1. The van der Waals surface area contributed by atoms with Gasteiger partial charge >= 0.3 is 0 Å². The number of benzene rings is 1. The molecule has 0 spiro atoms. The minimum atomic E-state index is 0.109. The van der Waals surface area contributed by atoms with E-state index in [4.69, 9.17) is 4.52 Å². The Labute approximate surface area is 151 Å². The zero-order chi connectivity index (χ0) is 18.3. The third kappa shape index (κ3) is 2.89. The predicted octanol–water partition coefficient (Wildman–Crippen LogP) is 2.43. The van der Waals surface area contributed by atoms with Crippen LogP contribution in [0.1, 0.15) is 35.1 Å². The summed E-state index contributed by atoms with van der Waals surface area (Å²) in [5.74, 6) is 1.19. The normalized spacial score (nSPS) is 13.3. The van der Waals surface area contributed by atoms with Crippen LogP contribution in [-0.2, 0) is 37.8 Å². The van der Waals surface area contributed by atoms with E-state index in [1.54, 1.807) is 4.68 Å². The summed E-state index contributed by atoms with van der Waals surface area (Å²) in [5.41, 5.74) is 4.90. The van der Waals surface area contributed by atoms with Crippen molar-refractivity contribution in [2.75, 3.05) is 0 Å². The van der Waals surface area contributed by atoms with Gasteiger partial charge in [0.1, 0.15) is 0 Å². The Morgan fingerprint density at radius 2 is 2.15 bits per heavy atom. The fraction of sp³-hybridized carbons (Fsp3) is 0.368. The van der Waals surface area contributed by atoms with E-state index in [-0.39, 0.29) is 5.91 Å². The van der Waals surface area contributed by atoms with Crippen LogP contribution < -0.4 is 0 Å². The lowest BCUT2D eigenvalue weighted by Gasteiger charge is -2.16. The number of carbonyl (C=O) groups is 1. The summed E-state index contributed by atoms with van der Waals surface area (Å²) in [4.78, 5) is 19.0. The van der Waals surface area contributed by atoms with Crippen molar-refractivity contribution < 1.29 is 9.32 Å². The van der Waals surface area contributed by atoms with Crippen LogP contribution in [0.4, 0.5) is 0 Å². The Kier molecular flexibility index (Phi) is 4.06. The molecule has 3 aromatic rings. The van der Waals surface area contributed by atoms with E-state index in [1.807, 2.05) is 44.0 Å². The minimum absolute atomic E-state index is 0.109. The molecule has 0 saturated carbocycles. The molecular formula is C19H21N5O2. The maximum Gasteiger partial charge on any atom is 0.278 e. The van der Waals surface area contributed by atoms with Crippen LogP contribution in [0.5, 0.6) is 0 Å². The Balaban J connectivity index is 1.55. The van der Waals surface area contributed by atoms with Gasteiger partial charge in [0.25, 0.3) is 5.89 Å². The first-order chi connectivity index (χ1) is 12.5. The van der Waals surface area contributed by atoms with E-state index in [0.29, 0.717) is 43.3 Å². The number of hydrogen-bond donors (Lipinski definition) is 0. The Morgan fingerprint density at radius 1 is 1.31 bits per heavy atom. The molecule has 1 aliphatic rings. The summed E-state index contributed by atoms with van der Waals surface area (Å²) >= 11 is 0. The van der Waals surface area contributed by atoms with Gasteiger partial charge in [0, 0.05) is 19.0 Å². The van der Waals surface area contributed by atoms with Crippen molar-refractivity contribution in [3.63, 3.8) is 0 Å². The summed E-state index contributed by atoms with van der Waals surface area (Å²) in [6.07, 6.45) is 1.11. The van der Waals surface area contributed by atoms with Crippen molar-refractivity contribution in [3.8, 4) is 11.6 Å². The summed E-state index contributed by atoms with van der Waals surface area (Å²) < 4.78 is 7.15. The highest BCUT2D eigenvalue weighted by molar-refractivity contribution is 5.80. The molecule has 7 heteroatoms. The first-order valence-electron chi connectivity index (χ1n) is 8.76. The maximum atomic E-state index is 12.7. The van der Waals surface area contributed by atoms with Crippen molar-refractivity contribution >= 4 is 5.91 Å². The fourth-order valence-electron chi connectivity index (χ4n) is 3.34. The molecule has 0 N–H and O–H groups in total. The quantitative estimate of drug-likeness (QED) is 0.721. The van der Waals surface area contributed by atoms with Crippen LogP contribution in [0.15, 0.2) is 28.8 Å². The zero-order valence-electron chi connectivity index (χ0n) is 15.2. The van der Waals surface area contributed by atoms with Gasteiger partial charge in [0.2, 0.25) is 5.91 Å². The van der Waals surface area contributed by atoms with E-state index in [1.165, 1.54) is 0 Å². The number of nitrogens with zero attached hydrogens (tertiary/aromatic N) is 5. The van der Waals surface area contributed by atoms with Gasteiger partial charge in [0.05, 0.1) is 25.2 Å². The number of fused-ring (bicyclic) bond motifs is 1. The smallest absolute Gasteiger partial charge is 0.278 e. The van der Waals surface area contributed by atoms with Crippen LogP contribution in [0.3, 0.4) is 0 Å². The van der Waals surface area contributed by atoms with Crippen molar-refractivity contribution in [1.29, 1.82) is 0 Å². The third-order valence-electron chi connectivity index (χ3n) is 4.74. The SMILES string of the molecule is CCc1noc(-c2nn(C)c3c2CN(C(=O)Cc2cccc(C)c2)C3)n1. The Morgan fingerprint density at radius 3 is 2.88 bits per heavy atom. The van der Waals surface area contributed by atoms with Gasteiger partial charge in [-0.15, -0.1) is 0 Å². The monoisotopic (exact) mass is 351 g/mol. The summed E-state index contributed by atoms with van der Waals surface area (Å²) in [6, 6.07) is 8.07. The largest absolute Gasteiger partial charge is 0.332 e. The highest BCUT2D eigenvalue weighted by Crippen LogP contribution is 2.31. The van der Waals surface area contributed by atoms with E-state index >= 15 is 0 Å². The molecule has 0 unspecified atom stereocenters. The lowest BCUT2D eigenvalue weighted by Crippen LogP contribution is -2.27. The highest BCUT2D eigenvalue weighted by Gasteiger charge is 2.32. The standard InChI is InChI=1S/C19H21N5O2/c1-4-16-20-19(26-22-16)18-14-10-24(11-15(14)23(3)21-18)17(25)9-13-7-5-6-12(2)8-13/h5-8H,4,9-11H2,1-3H3. The van der Waals surface area contributed by atoms with Gasteiger partial charge < -0.3 is 9.42 Å². The molecule has 0 bridgehead atoms. The first-order valence-corrected chi connectivity index (χ1v) is 8.76. The topological polar surface area (TPSA) is 77.0 Å². The van der Waals surface area contributed by atoms with Gasteiger partial charge in [-0.3, -0.25) is 9.48 Å². The van der Waals surface area contributed by atoms with Crippen LogP contribution in [-0.4, -0.2) is 30.7 Å². The van der Waals surface area contributed by atoms with Crippen LogP contribution >= 0.6 is 0 Å². The zero-order valence-corrected chi connectivity index (χ0v) is 15.2. The number of rotatable bonds is 4. The molecule has 3 heterocycles. The molecule has 0 fully saturated rings. The number of hydrogen-bond acceptors (Lipinski definition) is 5. The summed E-state index contributed by atoms with van der Waals surface area (Å²) in [5, 5.41) is 8.47. The molecule has 0 atom stereocenters. The van der Waals surface area contributed by atoms with Gasteiger partial charge in [-0.1, -0.05) is 41.9 Å². The Bertz CT molecular complexity index is 972. The molecule has 0 radical (unpaired) electrons. The molecule has 0 aliphatic carbocycles. The van der Waals surface area contributed by atoms with Crippen LogP contribution in [0.2, 0.25) is 0 Å². The molecule has 7 nitrogen and oxygen atoms in total. The van der Waals surface area contributed by atoms with Gasteiger partial charge in [0.15, 0.2) is 11.5 Å². The van der Waals surface area contributed by atoms with Gasteiger partial charge in [-0.2, -0.15) is 10.1 Å². The maximum absolute atomic E-state index is 12.7. The molecule has 2 aromatic heterocycles. The Hall–Kier alpha value is -2.96. The molecule has 1 amide bonds. The first kappa shape index (κ1) is 16.5. The fourth-order valence-corrected chi connectivity index (χ4v) is 3.34. The van der Waals surface area contributed by atoms with Crippen molar-refractivity contribution in [2.24, 2.45) is 7.05 Å². The molecule has 134 valence electrons. The third-order valence-corrected chi connectivity index (χ3v) is 4.74. The van der Waals surface area contributed by atoms with E-state index in [2.05, 4.69) is 21.3 Å². The average Bonchev–Trinajstić information content (AvgIpc) is 3.31. The van der Waals surface area contributed by atoms with E-state index in [0.717, 1.165) is 22.4 Å². The number of aryl methyl sites for hydroxylation is 3. The molecule has 1 aliphatic heterocycles. The second-order valence-electron chi connectivity index (χ2n) is 6.68. The van der Waals surface area contributed by atoms with Gasteiger partial charge in [-0.25, -0.2) is 0 Å². The number of carbonyl (C=O) groups excluding carboxylic acids is 1. The van der Waals surface area contributed by atoms with Crippen LogP contribution in [0, 0.1) is 6.92 Å². The molecule has 0 saturated heterocycles. The number of amides is 1. The minimum Gasteiger partial charge on any atom is -0.332 e. The molecule has 4 rings (SSSR count). The van der Waals surface area contributed by atoms with Crippen molar-refractivity contribution in [3.05, 3.63) is 52.5 Å². The van der Waals surface area contributed by atoms with Crippen molar-refractivity contribution in [2.45, 2.75) is 39.8 Å². The highest BCUT2D eigenvalue weighted by atomic mass is 16.5. The second kappa shape index (κ2) is 6.40. The molecule has 1 aromatic carbocycles. The summed E-state index contributed by atoms with van der Waals surface area (Å²) in [6.45, 7) is 5.08. The van der Waals surface area contributed by atoms with E-state index < -0.39 is 0 Å². The lowest BCUT2D eigenvalue weighted by molar-refractivity contribution is -0.131. The molecular weight excluding hydrogens is 330 g/mol. The van der Waals surface area contributed by atoms with E-state index in [9.17, 15) is 4.79 Å².